The Morgan fingerprint density at radius 1 is 0.202 bits per heavy atom. The van der Waals surface area contributed by atoms with Crippen molar-refractivity contribution in [3.05, 3.63) is 306 Å². The van der Waals surface area contributed by atoms with E-state index in [0.29, 0.717) is 32.3 Å². The average Bonchev–Trinajstić information content (AvgIpc) is 0.529. The maximum atomic E-state index is 16.5. The van der Waals surface area contributed by atoms with Crippen LogP contribution >= 0.6 is 0 Å². The highest BCUT2D eigenvalue weighted by Gasteiger charge is 2.41. The molecule has 0 saturated heterocycles. The zero-order valence-electron chi connectivity index (χ0n) is 50.8. The van der Waals surface area contributed by atoms with Crippen molar-refractivity contribution in [2.24, 2.45) is 0 Å². The number of benzene rings is 15. The summed E-state index contributed by atoms with van der Waals surface area (Å²) in [7, 11) is 0. The minimum Gasteiger partial charge on any atom is -0.310 e. The maximum Gasteiger partial charge on any atom is 0.417 e. The highest BCUT2D eigenvalue weighted by molar-refractivity contribution is 6.13. The molecule has 15 rings (SSSR count). The van der Waals surface area contributed by atoms with Crippen molar-refractivity contribution in [3.8, 4) is 66.8 Å². The first kappa shape index (κ1) is 59.3. The number of nitrogens with zero attached hydrogens (tertiary/aromatic N) is 1. The second-order valence-corrected chi connectivity index (χ2v) is 24.1. The number of hydrogen-bond acceptors (Lipinski definition) is 1. The van der Waals surface area contributed by atoms with Gasteiger partial charge < -0.3 is 4.90 Å². The van der Waals surface area contributed by atoms with E-state index in [-0.39, 0.29) is 67.1 Å². The lowest BCUT2D eigenvalue weighted by atomic mass is 9.86. The first-order valence-electron chi connectivity index (χ1n) is 30.8. The lowest BCUT2D eigenvalue weighted by molar-refractivity contribution is -0.137. The molecule has 10 heteroatoms. The minimum absolute atomic E-state index is 0.143. The zero-order chi connectivity index (χ0) is 64.9. The van der Waals surface area contributed by atoms with E-state index in [1.54, 1.807) is 72.8 Å². The molecule has 0 radical (unpaired) electrons. The molecule has 0 saturated carbocycles. The molecule has 94 heavy (non-hydrogen) atoms. The molecule has 0 N–H and O–H groups in total. The molecule has 15 aromatic rings. The number of aryl methyl sites for hydroxylation is 3. The molecule has 0 bridgehead atoms. The van der Waals surface area contributed by atoms with E-state index in [9.17, 15) is 0 Å². The Morgan fingerprint density at radius 2 is 0.394 bits per heavy atom. The predicted octanol–water partition coefficient (Wildman–Crippen LogP) is 26.1. The van der Waals surface area contributed by atoms with Crippen molar-refractivity contribution in [2.45, 2.75) is 39.3 Å². The van der Waals surface area contributed by atoms with E-state index >= 15 is 39.5 Å². The van der Waals surface area contributed by atoms with Crippen LogP contribution in [0.4, 0.5) is 56.6 Å². The third kappa shape index (κ3) is 10.2. The van der Waals surface area contributed by atoms with Gasteiger partial charge in [-0.1, -0.05) is 237 Å². The summed E-state index contributed by atoms with van der Waals surface area (Å²) in [6.07, 6.45) is -15.3. The summed E-state index contributed by atoms with van der Waals surface area (Å²) in [6, 6.07) is 79.6. The van der Waals surface area contributed by atoms with Gasteiger partial charge >= 0.3 is 18.5 Å². The number of alkyl halides is 9. The van der Waals surface area contributed by atoms with Gasteiger partial charge in [-0.25, -0.2) is 0 Å². The zero-order valence-corrected chi connectivity index (χ0v) is 50.8. The van der Waals surface area contributed by atoms with Gasteiger partial charge in [-0.3, -0.25) is 0 Å². The van der Waals surface area contributed by atoms with Crippen molar-refractivity contribution in [1.82, 2.24) is 0 Å². The Kier molecular flexibility index (Phi) is 14.3. The monoisotopic (exact) mass is 1250 g/mol. The van der Waals surface area contributed by atoms with Gasteiger partial charge in [0, 0.05) is 17.1 Å². The van der Waals surface area contributed by atoms with E-state index < -0.39 is 35.2 Å². The molecule has 0 heterocycles. The fourth-order valence-corrected chi connectivity index (χ4v) is 14.3. The van der Waals surface area contributed by atoms with Crippen LogP contribution in [0.2, 0.25) is 0 Å². The third-order valence-corrected chi connectivity index (χ3v) is 18.5. The molecule has 0 unspecified atom stereocenters. The Bertz CT molecular complexity index is 5020. The van der Waals surface area contributed by atoms with Crippen molar-refractivity contribution in [2.75, 3.05) is 4.90 Å². The van der Waals surface area contributed by atoms with Gasteiger partial charge in [-0.15, -0.1) is 0 Å². The van der Waals surface area contributed by atoms with Crippen molar-refractivity contribution in [1.29, 1.82) is 0 Å². The van der Waals surface area contributed by atoms with Crippen LogP contribution in [0.1, 0.15) is 33.4 Å². The molecule has 0 spiro atoms. The molecule has 0 aliphatic heterocycles. The largest absolute Gasteiger partial charge is 0.417 e. The number of halogens is 9. The van der Waals surface area contributed by atoms with E-state index in [1.807, 2.05) is 164 Å². The molecule has 0 aliphatic rings. The van der Waals surface area contributed by atoms with E-state index in [2.05, 4.69) is 0 Å². The van der Waals surface area contributed by atoms with Gasteiger partial charge in [0.25, 0.3) is 0 Å². The lowest BCUT2D eigenvalue weighted by Crippen LogP contribution is -2.19. The second-order valence-electron chi connectivity index (χ2n) is 24.1. The van der Waals surface area contributed by atoms with E-state index in [4.69, 9.17) is 0 Å². The number of fused-ring (bicyclic) bond motifs is 6. The Balaban J connectivity index is 0.967. The first-order valence-corrected chi connectivity index (χ1v) is 30.8. The van der Waals surface area contributed by atoms with Gasteiger partial charge in [-0.05, 0) is 205 Å². The molecule has 0 aromatic heterocycles. The van der Waals surface area contributed by atoms with Crippen LogP contribution in [-0.2, 0) is 18.5 Å². The molecule has 0 aliphatic carbocycles. The van der Waals surface area contributed by atoms with Gasteiger partial charge in [0.2, 0.25) is 0 Å². The van der Waals surface area contributed by atoms with Crippen molar-refractivity contribution < 1.29 is 39.5 Å². The third-order valence-electron chi connectivity index (χ3n) is 18.5. The minimum atomic E-state index is -5.11. The lowest BCUT2D eigenvalue weighted by Gasteiger charge is -2.33. The normalized spacial score (nSPS) is 12.3. The number of anilines is 3. The molecular formula is C84H54F9N. The fraction of sp³-hybridized carbons (Fsp3) is 0.0714. The van der Waals surface area contributed by atoms with Gasteiger partial charge in [0.05, 0.1) is 16.7 Å². The topological polar surface area (TPSA) is 3.24 Å². The SMILES string of the molecule is Cc1cc(-c2ccc(-c3cccc4ccccc34)c3ccccc23)c(C(F)(F)F)cc1N(c1cc(C(F)(F)F)c(-c2ccc(-c3cccc4ccccc34)c3ccccc23)cc1C)c1cc(C(F)(F)F)c(-c2ccc(-c3cccc4ccccc34)c3ccccc23)cc1C. The summed E-state index contributed by atoms with van der Waals surface area (Å²) >= 11 is 0. The van der Waals surface area contributed by atoms with E-state index in [0.717, 1.165) is 88.8 Å². The maximum absolute atomic E-state index is 16.5. The van der Waals surface area contributed by atoms with E-state index in [1.165, 1.54) is 39.0 Å². The Hall–Kier alpha value is -11.0. The molecule has 15 aromatic carbocycles. The molecular weight excluding hydrogens is 1190 g/mol. The number of hydrogen-bond donors (Lipinski definition) is 0. The van der Waals surface area contributed by atoms with Crippen LogP contribution in [0.25, 0.3) is 131 Å². The van der Waals surface area contributed by atoms with Crippen LogP contribution in [0.5, 0.6) is 0 Å². The molecule has 0 fully saturated rings. The first-order chi connectivity index (χ1) is 45.3. The summed E-state index contributed by atoms with van der Waals surface area (Å²) in [5, 5.41) is 9.27. The number of rotatable bonds is 9. The second kappa shape index (κ2) is 22.7. The standard InChI is InChI=1S/C84H54F9N/c1-49-43-73(70-40-37-67(61-28-10-13-31-64(61)70)58-34-16-22-52-19-4-7-25-55(52)58)76(82(85,86)87)46-79(49)94(80-47-77(83(88,89)90)74(44-50(80)2)71-41-38-68(62-29-11-14-32-65(62)71)59-35-17-23-53-20-5-8-26-56(53)59)81-48-78(84(91,92)93)75(45-51(81)3)72-42-39-69(63-30-12-15-33-66(63)72)60-36-18-24-54-21-6-9-27-57(54)60/h4-48H,1-3H3. The highest BCUT2D eigenvalue weighted by Crippen LogP contribution is 2.54. The molecule has 0 atom stereocenters. The predicted molar refractivity (Wildman–Crippen MR) is 368 cm³/mol. The van der Waals surface area contributed by atoms with Crippen molar-refractivity contribution >= 4 is 81.7 Å². The molecule has 458 valence electrons. The summed E-state index contributed by atoms with van der Waals surface area (Å²) in [6.45, 7) is 4.61. The van der Waals surface area contributed by atoms with Gasteiger partial charge in [0.15, 0.2) is 0 Å². The van der Waals surface area contributed by atoms with Gasteiger partial charge in [0.1, 0.15) is 0 Å². The summed E-state index contributed by atoms with van der Waals surface area (Å²) in [5.74, 6) is 0. The summed E-state index contributed by atoms with van der Waals surface area (Å²) in [5.41, 5.74) is 1.12. The average molecular weight is 1250 g/mol. The van der Waals surface area contributed by atoms with Crippen molar-refractivity contribution in [3.63, 3.8) is 0 Å². The molecule has 0 amide bonds. The Labute approximate surface area is 535 Å². The quantitative estimate of drug-likeness (QED) is 0.130. The van der Waals surface area contributed by atoms with Crippen LogP contribution in [-0.4, -0.2) is 0 Å². The fourth-order valence-electron chi connectivity index (χ4n) is 14.3. The molecule has 1 nitrogen and oxygen atoms in total. The van der Waals surface area contributed by atoms with Crippen LogP contribution in [0.3, 0.4) is 0 Å². The van der Waals surface area contributed by atoms with Crippen LogP contribution in [0, 0.1) is 20.8 Å². The summed E-state index contributed by atoms with van der Waals surface area (Å²) < 4.78 is 148. The Morgan fingerprint density at radius 3 is 0.628 bits per heavy atom. The van der Waals surface area contributed by atoms with Gasteiger partial charge in [-0.2, -0.15) is 39.5 Å². The summed E-state index contributed by atoms with van der Waals surface area (Å²) in [4.78, 5) is 1.15. The van der Waals surface area contributed by atoms with Crippen LogP contribution in [0.15, 0.2) is 273 Å². The van der Waals surface area contributed by atoms with Crippen LogP contribution < -0.4 is 4.90 Å². The highest BCUT2D eigenvalue weighted by atomic mass is 19.4. The smallest absolute Gasteiger partial charge is 0.310 e.